The number of guanidine groups is 1. The van der Waals surface area contributed by atoms with E-state index in [9.17, 15) is 4.79 Å². The zero-order valence-electron chi connectivity index (χ0n) is 17.5. The van der Waals surface area contributed by atoms with Gasteiger partial charge in [0.25, 0.3) is 0 Å². The highest BCUT2D eigenvalue weighted by molar-refractivity contribution is 14.0. The topological polar surface area (TPSA) is 69.2 Å². The van der Waals surface area contributed by atoms with Crippen molar-refractivity contribution < 1.29 is 9.53 Å². The molecular formula is C20H33ClIN5O2. The number of morpholine rings is 1. The molecule has 1 aromatic rings. The molecule has 0 radical (unpaired) electrons. The molecule has 0 saturated carbocycles. The number of carbonyl (C=O) groups excluding carboxylic acids is 1. The van der Waals surface area contributed by atoms with E-state index in [0.29, 0.717) is 12.5 Å². The second-order valence-electron chi connectivity index (χ2n) is 7.12. The molecule has 1 heterocycles. The molecule has 1 aliphatic rings. The van der Waals surface area contributed by atoms with Gasteiger partial charge in [0.2, 0.25) is 5.91 Å². The van der Waals surface area contributed by atoms with Crippen LogP contribution in [0.3, 0.4) is 0 Å². The van der Waals surface area contributed by atoms with Crippen LogP contribution in [0.15, 0.2) is 23.2 Å². The van der Waals surface area contributed by atoms with E-state index in [-0.39, 0.29) is 36.4 Å². The standard InChI is InChI=1S/C20H32ClN5O2.HI/c1-16-13-17(5-6-18(16)21)14-23-20(24-15-19(27)25(2)3)22-7-4-8-26-9-11-28-12-10-26;/h5-6,13H,4,7-12,14-15H2,1-3H3,(H2,22,23,24);1H. The van der Waals surface area contributed by atoms with Gasteiger partial charge in [0.05, 0.1) is 26.3 Å². The number of halogens is 2. The Balaban J connectivity index is 0.00000420. The first kappa shape index (κ1) is 25.9. The van der Waals surface area contributed by atoms with Gasteiger partial charge in [0.15, 0.2) is 5.96 Å². The quantitative estimate of drug-likeness (QED) is 0.230. The van der Waals surface area contributed by atoms with Crippen LogP contribution in [0, 0.1) is 6.92 Å². The molecule has 9 heteroatoms. The second kappa shape index (κ2) is 14.0. The van der Waals surface area contributed by atoms with Crippen LogP contribution in [0.25, 0.3) is 0 Å². The van der Waals surface area contributed by atoms with E-state index in [2.05, 4.69) is 20.5 Å². The molecule has 0 aliphatic carbocycles. The minimum atomic E-state index is 0. The summed E-state index contributed by atoms with van der Waals surface area (Å²) in [5, 5.41) is 7.21. The van der Waals surface area contributed by atoms with Gasteiger partial charge in [0, 0.05) is 38.8 Å². The number of hydrogen-bond acceptors (Lipinski definition) is 4. The number of aryl methyl sites for hydroxylation is 1. The van der Waals surface area contributed by atoms with Gasteiger partial charge in [-0.2, -0.15) is 0 Å². The van der Waals surface area contributed by atoms with Gasteiger partial charge >= 0.3 is 0 Å². The third kappa shape index (κ3) is 9.97. The Labute approximate surface area is 196 Å². The maximum atomic E-state index is 11.9. The van der Waals surface area contributed by atoms with Gasteiger partial charge in [-0.3, -0.25) is 9.69 Å². The number of ether oxygens (including phenoxy) is 1. The van der Waals surface area contributed by atoms with E-state index in [0.717, 1.165) is 62.0 Å². The molecule has 1 aromatic carbocycles. The number of rotatable bonds is 8. The molecular weight excluding hydrogens is 505 g/mol. The highest BCUT2D eigenvalue weighted by atomic mass is 127. The van der Waals surface area contributed by atoms with E-state index in [4.69, 9.17) is 16.3 Å². The Morgan fingerprint density at radius 3 is 2.66 bits per heavy atom. The molecule has 0 aromatic heterocycles. The Morgan fingerprint density at radius 2 is 2.00 bits per heavy atom. The molecule has 7 nitrogen and oxygen atoms in total. The third-order valence-corrected chi connectivity index (χ3v) is 5.02. The van der Waals surface area contributed by atoms with Crippen molar-refractivity contribution in [1.82, 2.24) is 20.4 Å². The van der Waals surface area contributed by atoms with Gasteiger partial charge in [-0.05, 0) is 37.1 Å². The normalized spacial score (nSPS) is 14.8. The molecule has 164 valence electrons. The van der Waals surface area contributed by atoms with E-state index in [1.807, 2.05) is 25.1 Å². The predicted molar refractivity (Wildman–Crippen MR) is 129 cm³/mol. The van der Waals surface area contributed by atoms with Crippen molar-refractivity contribution in [3.05, 3.63) is 34.3 Å². The molecule has 1 fully saturated rings. The zero-order valence-corrected chi connectivity index (χ0v) is 20.6. The first-order chi connectivity index (χ1) is 13.5. The van der Waals surface area contributed by atoms with Crippen LogP contribution < -0.4 is 10.6 Å². The lowest BCUT2D eigenvalue weighted by Crippen LogP contribution is -2.44. The average molecular weight is 538 g/mol. The summed E-state index contributed by atoms with van der Waals surface area (Å²) in [4.78, 5) is 20.5. The number of hydrogen-bond donors (Lipinski definition) is 2. The number of benzene rings is 1. The summed E-state index contributed by atoms with van der Waals surface area (Å²) in [5.74, 6) is 0.648. The van der Waals surface area contributed by atoms with E-state index < -0.39 is 0 Å². The molecule has 2 N–H and O–H groups in total. The summed E-state index contributed by atoms with van der Waals surface area (Å²) in [5.41, 5.74) is 2.11. The molecule has 0 bridgehead atoms. The van der Waals surface area contributed by atoms with Crippen LogP contribution in [0.1, 0.15) is 17.5 Å². The summed E-state index contributed by atoms with van der Waals surface area (Å²) in [6.45, 7) is 8.14. The lowest BCUT2D eigenvalue weighted by molar-refractivity contribution is -0.127. The average Bonchev–Trinajstić information content (AvgIpc) is 2.69. The van der Waals surface area contributed by atoms with Crippen molar-refractivity contribution >= 4 is 47.4 Å². The third-order valence-electron chi connectivity index (χ3n) is 4.60. The van der Waals surface area contributed by atoms with Crippen LogP contribution >= 0.6 is 35.6 Å². The molecule has 1 amide bonds. The van der Waals surface area contributed by atoms with Crippen molar-refractivity contribution in [2.45, 2.75) is 19.9 Å². The number of aliphatic imine (C=N–C) groups is 1. The fourth-order valence-electron chi connectivity index (χ4n) is 2.80. The Morgan fingerprint density at radius 1 is 1.28 bits per heavy atom. The summed E-state index contributed by atoms with van der Waals surface area (Å²) in [7, 11) is 3.49. The van der Waals surface area contributed by atoms with Gasteiger partial charge in [0.1, 0.15) is 0 Å². The molecule has 0 atom stereocenters. The van der Waals surface area contributed by atoms with Gasteiger partial charge < -0.3 is 20.3 Å². The van der Waals surface area contributed by atoms with E-state index >= 15 is 0 Å². The van der Waals surface area contributed by atoms with Crippen LogP contribution in [-0.4, -0.2) is 81.7 Å². The Bertz CT molecular complexity index is 666. The first-order valence-electron chi connectivity index (χ1n) is 9.73. The lowest BCUT2D eigenvalue weighted by Gasteiger charge is -2.26. The Hall–Kier alpha value is -1.10. The first-order valence-corrected chi connectivity index (χ1v) is 10.1. The summed E-state index contributed by atoms with van der Waals surface area (Å²) < 4.78 is 5.38. The summed E-state index contributed by atoms with van der Waals surface area (Å²) >= 11 is 6.09. The maximum Gasteiger partial charge on any atom is 0.241 e. The van der Waals surface area contributed by atoms with Crippen LogP contribution in [0.2, 0.25) is 5.02 Å². The molecule has 2 rings (SSSR count). The van der Waals surface area contributed by atoms with Crippen LogP contribution in [-0.2, 0) is 16.1 Å². The number of likely N-dealkylation sites (N-methyl/N-ethyl adjacent to an activating group) is 1. The van der Waals surface area contributed by atoms with Gasteiger partial charge in [-0.1, -0.05) is 23.7 Å². The minimum absolute atomic E-state index is 0. The predicted octanol–water partition coefficient (Wildman–Crippen LogP) is 2.11. The van der Waals surface area contributed by atoms with Gasteiger partial charge in [-0.25, -0.2) is 4.99 Å². The smallest absolute Gasteiger partial charge is 0.241 e. The minimum Gasteiger partial charge on any atom is -0.379 e. The Kier molecular flexibility index (Phi) is 12.5. The highest BCUT2D eigenvalue weighted by Gasteiger charge is 2.10. The lowest BCUT2D eigenvalue weighted by atomic mass is 10.1. The van der Waals surface area contributed by atoms with Crippen molar-refractivity contribution in [3.63, 3.8) is 0 Å². The van der Waals surface area contributed by atoms with Crippen LogP contribution in [0.5, 0.6) is 0 Å². The fraction of sp³-hybridized carbons (Fsp3) is 0.600. The molecule has 0 spiro atoms. The maximum absolute atomic E-state index is 11.9. The number of nitrogens with zero attached hydrogens (tertiary/aromatic N) is 3. The van der Waals surface area contributed by atoms with Crippen molar-refractivity contribution in [2.75, 3.05) is 60.0 Å². The second-order valence-corrected chi connectivity index (χ2v) is 7.53. The molecule has 0 unspecified atom stereocenters. The monoisotopic (exact) mass is 537 g/mol. The summed E-state index contributed by atoms with van der Waals surface area (Å²) in [6.07, 6.45) is 1.00. The number of amides is 1. The zero-order chi connectivity index (χ0) is 20.4. The molecule has 1 aliphatic heterocycles. The van der Waals surface area contributed by atoms with Crippen LogP contribution in [0.4, 0.5) is 0 Å². The number of carbonyl (C=O) groups is 1. The SMILES string of the molecule is Cc1cc(CN=C(NCCCN2CCOCC2)NCC(=O)N(C)C)ccc1Cl.I. The van der Waals surface area contributed by atoms with E-state index in [1.165, 1.54) is 0 Å². The fourth-order valence-corrected chi connectivity index (χ4v) is 2.92. The van der Waals surface area contributed by atoms with E-state index in [1.54, 1.807) is 19.0 Å². The molecule has 1 saturated heterocycles. The number of nitrogens with one attached hydrogen (secondary N) is 2. The largest absolute Gasteiger partial charge is 0.379 e. The van der Waals surface area contributed by atoms with Crippen molar-refractivity contribution in [2.24, 2.45) is 4.99 Å². The summed E-state index contributed by atoms with van der Waals surface area (Å²) in [6, 6.07) is 5.90. The highest BCUT2D eigenvalue weighted by Crippen LogP contribution is 2.16. The van der Waals surface area contributed by atoms with Crippen molar-refractivity contribution in [3.8, 4) is 0 Å². The van der Waals surface area contributed by atoms with Crippen molar-refractivity contribution in [1.29, 1.82) is 0 Å². The molecule has 29 heavy (non-hydrogen) atoms. The van der Waals surface area contributed by atoms with Gasteiger partial charge in [-0.15, -0.1) is 24.0 Å².